The molecule has 0 unspecified atom stereocenters. The van der Waals surface area contributed by atoms with Crippen molar-refractivity contribution in [2.45, 2.75) is 119 Å². The van der Waals surface area contributed by atoms with Gasteiger partial charge in [-0.15, -0.1) is 6.58 Å². The van der Waals surface area contributed by atoms with Gasteiger partial charge in [0.15, 0.2) is 0 Å². The fraction of sp³-hybridized carbons (Fsp3) is 0.561. The van der Waals surface area contributed by atoms with Gasteiger partial charge in [-0.1, -0.05) is 12.7 Å². The average Bonchev–Trinajstić information content (AvgIpc) is 4.12. The molecule has 6 aliphatic rings. The van der Waals surface area contributed by atoms with E-state index in [4.69, 9.17) is 18.9 Å². The number of piperidine rings is 1. The van der Waals surface area contributed by atoms with E-state index < -0.39 is 80.6 Å². The highest BCUT2D eigenvalue weighted by Crippen LogP contribution is 2.49. The van der Waals surface area contributed by atoms with Gasteiger partial charge in [0.25, 0.3) is 0 Å². The van der Waals surface area contributed by atoms with Gasteiger partial charge in [-0.3, -0.25) is 19.1 Å². The number of hydrogen-bond acceptors (Lipinski definition) is 12. The van der Waals surface area contributed by atoms with Crippen LogP contribution in [0, 0.1) is 5.92 Å². The number of hydrogen-bond donors (Lipinski definition) is 3. The lowest BCUT2D eigenvalue weighted by Crippen LogP contribution is -2.59. The number of morpholine rings is 1. The molecule has 5 heterocycles. The van der Waals surface area contributed by atoms with Crippen LogP contribution in [0.4, 0.5) is 4.79 Å². The van der Waals surface area contributed by atoms with Gasteiger partial charge in [0.05, 0.1) is 31.0 Å². The zero-order valence-corrected chi connectivity index (χ0v) is 34.5. The third kappa shape index (κ3) is 8.96. The molecule has 3 N–H and O–H groups in total. The molecule has 2 aromatic rings. The van der Waals surface area contributed by atoms with E-state index in [9.17, 15) is 32.4 Å². The van der Waals surface area contributed by atoms with E-state index in [-0.39, 0.29) is 55.8 Å². The first kappa shape index (κ1) is 41.8. The van der Waals surface area contributed by atoms with E-state index in [1.165, 1.54) is 9.80 Å². The smallest absolute Gasteiger partial charge is 0.408 e. The van der Waals surface area contributed by atoms with Crippen LogP contribution in [0.25, 0.3) is 10.8 Å². The molecule has 2 aliphatic carbocycles. The van der Waals surface area contributed by atoms with Crippen molar-refractivity contribution in [2.75, 3.05) is 20.2 Å². The maximum atomic E-state index is 14.8. The molecule has 4 saturated heterocycles. The lowest BCUT2D eigenvalue weighted by atomic mass is 9.95. The summed E-state index contributed by atoms with van der Waals surface area (Å²) in [7, 11) is -2.15. The lowest BCUT2D eigenvalue weighted by molar-refractivity contribution is -0.181. The third-order valence-electron chi connectivity index (χ3n) is 11.5. The van der Waals surface area contributed by atoms with Gasteiger partial charge < -0.3 is 39.4 Å². The number of aromatic nitrogens is 1. The summed E-state index contributed by atoms with van der Waals surface area (Å²) in [5.41, 5.74) is -2.02. The Bertz CT molecular complexity index is 2170. The maximum absolute atomic E-state index is 14.8. The molecule has 18 heteroatoms. The largest absolute Gasteiger partial charge is 0.497 e. The predicted octanol–water partition coefficient (Wildman–Crippen LogP) is 2.84. The molecule has 59 heavy (non-hydrogen) atoms. The standard InChI is InChI=1S/C41H52N6O11S/c1-7-25-20-41(25,23(2)45-59(53,54)29-10-11-29)44-35(49)33-19-28(56-36-30-12-8-26(55-6)18-24(30)16-17-42-36)22-47(33)37(50)31(43-39(52)58-40(3,4)5)13-15-34(48)46-21-27-9-14-32(46)38(51)57-27/h7-8,12,16-18,25,27-29,31-33,45H,1-2,9-11,13-15,19-22H2,3-6H3,(H,43,52)(H,44,49)/t25-,27+,28-,31+,32+,33+,41+/m1/s1. The van der Waals surface area contributed by atoms with E-state index in [0.29, 0.717) is 43.2 Å². The van der Waals surface area contributed by atoms with Crippen LogP contribution >= 0.6 is 0 Å². The average molecular weight is 837 g/mol. The summed E-state index contributed by atoms with van der Waals surface area (Å²) < 4.78 is 51.1. The Morgan fingerprint density at radius 1 is 1.10 bits per heavy atom. The number of ether oxygens (including phenoxy) is 4. The minimum atomic E-state index is -3.71. The Hall–Kier alpha value is -5.39. The second kappa shape index (κ2) is 16.0. The van der Waals surface area contributed by atoms with Crippen LogP contribution in [0.5, 0.6) is 11.6 Å². The van der Waals surface area contributed by atoms with Crippen LogP contribution < -0.4 is 24.8 Å². The van der Waals surface area contributed by atoms with Gasteiger partial charge in [0.2, 0.25) is 33.6 Å². The lowest BCUT2D eigenvalue weighted by Gasteiger charge is -2.43. The Labute approximate surface area is 343 Å². The molecule has 1 aromatic carbocycles. The van der Waals surface area contributed by atoms with Gasteiger partial charge in [0.1, 0.15) is 41.7 Å². The summed E-state index contributed by atoms with van der Waals surface area (Å²) >= 11 is 0. The van der Waals surface area contributed by atoms with Crippen LogP contribution in [0.3, 0.4) is 0 Å². The summed E-state index contributed by atoms with van der Waals surface area (Å²) in [4.78, 5) is 75.8. The number of carbonyl (C=O) groups is 5. The topological polar surface area (TPSA) is 212 Å². The number of fused-ring (bicyclic) bond motifs is 4. The molecule has 318 valence electrons. The van der Waals surface area contributed by atoms with E-state index in [1.807, 2.05) is 6.07 Å². The number of pyridine rings is 1. The highest BCUT2D eigenvalue weighted by molar-refractivity contribution is 7.90. The van der Waals surface area contributed by atoms with Gasteiger partial charge >= 0.3 is 12.1 Å². The second-order valence-electron chi connectivity index (χ2n) is 17.0. The summed E-state index contributed by atoms with van der Waals surface area (Å²) in [6.07, 6.45) is 3.25. The summed E-state index contributed by atoms with van der Waals surface area (Å²) in [5.74, 6) is -1.58. The zero-order valence-electron chi connectivity index (χ0n) is 33.7. The molecule has 17 nitrogen and oxygen atoms in total. The van der Waals surface area contributed by atoms with Gasteiger partial charge in [-0.2, -0.15) is 0 Å². The predicted molar refractivity (Wildman–Crippen MR) is 213 cm³/mol. The molecule has 4 aliphatic heterocycles. The van der Waals surface area contributed by atoms with Crippen molar-refractivity contribution < 1.29 is 51.3 Å². The third-order valence-corrected chi connectivity index (χ3v) is 13.4. The van der Waals surface area contributed by atoms with Crippen LogP contribution in [0.1, 0.15) is 72.1 Å². The van der Waals surface area contributed by atoms with Crippen LogP contribution in [-0.4, -0.2) is 120 Å². The van der Waals surface area contributed by atoms with Crippen molar-refractivity contribution in [3.05, 3.63) is 55.4 Å². The first-order chi connectivity index (χ1) is 27.9. The molecular weight excluding hydrogens is 785 g/mol. The fourth-order valence-electron chi connectivity index (χ4n) is 8.16. The molecule has 0 spiro atoms. The number of methoxy groups -OCH3 is 1. The molecular formula is C41H52N6O11S. The van der Waals surface area contributed by atoms with E-state index >= 15 is 0 Å². The van der Waals surface area contributed by atoms with Crippen LogP contribution in [0.2, 0.25) is 0 Å². The number of carbonyl (C=O) groups excluding carboxylic acids is 5. The van der Waals surface area contributed by atoms with Crippen LogP contribution in [-0.2, 0) is 38.7 Å². The quantitative estimate of drug-likeness (QED) is 0.175. The molecule has 2 bridgehead atoms. The van der Waals surface area contributed by atoms with Crippen molar-refractivity contribution in [1.82, 2.24) is 30.1 Å². The molecule has 7 atom stereocenters. The Balaban J connectivity index is 1.16. The number of nitrogens with one attached hydrogen (secondary N) is 3. The van der Waals surface area contributed by atoms with Crippen molar-refractivity contribution in [2.24, 2.45) is 5.92 Å². The minimum absolute atomic E-state index is 0.00203. The number of sulfonamides is 1. The molecule has 1 aromatic heterocycles. The fourth-order valence-corrected chi connectivity index (χ4v) is 9.61. The van der Waals surface area contributed by atoms with Gasteiger partial charge in [-0.05, 0) is 88.9 Å². The number of likely N-dealkylation sites (tertiary alicyclic amines) is 1. The molecule has 2 saturated carbocycles. The number of amides is 4. The summed E-state index contributed by atoms with van der Waals surface area (Å²) in [5, 5.41) is 6.55. The first-order valence-electron chi connectivity index (χ1n) is 20.0. The number of alkyl carbamates (subject to hydrolysis) is 1. The molecule has 8 rings (SSSR count). The zero-order chi connectivity index (χ0) is 42.4. The van der Waals surface area contributed by atoms with Crippen LogP contribution in [0.15, 0.2) is 55.4 Å². The number of esters is 1. The SMILES string of the molecule is C=C[C@@H]1C[C@]1(NC(=O)[C@@H]1C[C@@H](Oc2nccc3cc(OC)ccc23)CN1C(=O)[C@H](CCC(=O)N1C[C@@H]2CC[C@H]1C(=O)O2)NC(=O)OC(C)(C)C)C(=C)NS(=O)(=O)C1CC1. The highest BCUT2D eigenvalue weighted by atomic mass is 32.2. The molecule has 0 radical (unpaired) electrons. The van der Waals surface area contributed by atoms with Gasteiger partial charge in [0, 0.05) is 36.0 Å². The van der Waals surface area contributed by atoms with Gasteiger partial charge in [-0.25, -0.2) is 23.0 Å². The van der Waals surface area contributed by atoms with Crippen molar-refractivity contribution in [1.29, 1.82) is 0 Å². The summed E-state index contributed by atoms with van der Waals surface area (Å²) in [6.45, 7) is 13.0. The Morgan fingerprint density at radius 3 is 2.51 bits per heavy atom. The summed E-state index contributed by atoms with van der Waals surface area (Å²) in [6, 6.07) is 3.95. The van der Waals surface area contributed by atoms with E-state index in [0.717, 1.165) is 5.39 Å². The number of rotatable bonds is 15. The normalized spacial score (nSPS) is 26.6. The van der Waals surface area contributed by atoms with Crippen molar-refractivity contribution in [3.63, 3.8) is 0 Å². The Kier molecular flexibility index (Phi) is 11.3. The Morgan fingerprint density at radius 2 is 1.86 bits per heavy atom. The maximum Gasteiger partial charge on any atom is 0.408 e. The highest BCUT2D eigenvalue weighted by Gasteiger charge is 2.58. The van der Waals surface area contributed by atoms with Crippen molar-refractivity contribution >= 4 is 50.6 Å². The molecule has 6 fully saturated rings. The van der Waals surface area contributed by atoms with Crippen molar-refractivity contribution in [3.8, 4) is 11.6 Å². The van der Waals surface area contributed by atoms with E-state index in [1.54, 1.807) is 58.4 Å². The molecule has 4 amide bonds. The number of nitrogens with zero attached hydrogens (tertiary/aromatic N) is 3. The second-order valence-corrected chi connectivity index (χ2v) is 18.9. The first-order valence-corrected chi connectivity index (χ1v) is 21.5. The minimum Gasteiger partial charge on any atom is -0.497 e. The number of benzene rings is 1. The monoisotopic (exact) mass is 836 g/mol. The van der Waals surface area contributed by atoms with E-state index in [2.05, 4.69) is 33.5 Å².